The van der Waals surface area contributed by atoms with Crippen molar-refractivity contribution in [1.82, 2.24) is 10.6 Å². The van der Waals surface area contributed by atoms with Gasteiger partial charge in [-0.25, -0.2) is 9.59 Å². The Bertz CT molecular complexity index is 1810. The number of nitrogens with one attached hydrogen (secondary N) is 2. The zero-order valence-corrected chi connectivity index (χ0v) is 30.2. The number of hydrogen-bond acceptors (Lipinski definition) is 9. The van der Waals surface area contributed by atoms with Gasteiger partial charge >= 0.3 is 19.2 Å². The predicted molar refractivity (Wildman–Crippen MR) is 201 cm³/mol. The van der Waals surface area contributed by atoms with Crippen LogP contribution in [0.5, 0.6) is 5.75 Å². The average Bonchev–Trinajstić information content (AvgIpc) is 3.11. The Kier molecular flexibility index (Phi) is 14.8. The smallest absolute Gasteiger partial charge is 0.488 e. The van der Waals surface area contributed by atoms with E-state index < -0.39 is 54.5 Å². The predicted octanol–water partition coefficient (Wildman–Crippen LogP) is 4.19. The molecule has 4 rings (SSSR count). The lowest BCUT2D eigenvalue weighted by Crippen LogP contribution is -2.48. The van der Waals surface area contributed by atoms with Crippen LogP contribution in [0.2, 0.25) is 0 Å². The number of hydrogen-bond donors (Lipinski definition) is 5. The molecule has 2 amide bonds. The minimum atomic E-state index is -1.73. The van der Waals surface area contributed by atoms with Gasteiger partial charge in [-0.1, -0.05) is 97.1 Å². The molecule has 0 radical (unpaired) electrons. The number of phenols is 1. The maximum atomic E-state index is 14.2. The zero-order chi connectivity index (χ0) is 38.4. The molecule has 0 unspecified atom stereocenters. The SMILES string of the molecule is CC(C)(C)OC(=O)N[C@@H](Cc1cccc(O)c1)C(=O)C[C@@H](CCc1ccccc1)C(=O)N[C@@H](Cc1cccc(B(O)O)c1)C(=O)OCc1ccccc1. The quantitative estimate of drug-likeness (QED) is 0.0792. The van der Waals surface area contributed by atoms with Crippen LogP contribution in [-0.4, -0.2) is 63.7 Å². The van der Waals surface area contributed by atoms with Crippen molar-refractivity contribution in [1.29, 1.82) is 0 Å². The van der Waals surface area contributed by atoms with Gasteiger partial charge in [0.25, 0.3) is 0 Å². The summed E-state index contributed by atoms with van der Waals surface area (Å²) in [6.07, 6.45) is -0.401. The molecule has 12 heteroatoms. The maximum absolute atomic E-state index is 14.2. The molecule has 3 atom stereocenters. The fourth-order valence-corrected chi connectivity index (χ4v) is 5.74. The first-order valence-corrected chi connectivity index (χ1v) is 17.6. The van der Waals surface area contributed by atoms with Crippen LogP contribution in [0.1, 0.15) is 55.9 Å². The first kappa shape index (κ1) is 40.3. The fourth-order valence-electron chi connectivity index (χ4n) is 5.74. The van der Waals surface area contributed by atoms with Crippen LogP contribution in [-0.2, 0) is 49.7 Å². The lowest BCUT2D eigenvalue weighted by atomic mass is 9.79. The van der Waals surface area contributed by atoms with Crippen LogP contribution in [0.15, 0.2) is 109 Å². The van der Waals surface area contributed by atoms with E-state index in [0.29, 0.717) is 17.5 Å². The Hall–Kier alpha value is -5.46. The third kappa shape index (κ3) is 13.9. The third-order valence-electron chi connectivity index (χ3n) is 8.39. The average molecular weight is 723 g/mol. The molecular formula is C41H47BN2O9. The second kappa shape index (κ2) is 19.4. The molecule has 53 heavy (non-hydrogen) atoms. The van der Waals surface area contributed by atoms with Gasteiger partial charge in [-0.3, -0.25) is 9.59 Å². The van der Waals surface area contributed by atoms with Crippen LogP contribution < -0.4 is 16.1 Å². The van der Waals surface area contributed by atoms with Crippen molar-refractivity contribution in [2.45, 2.75) is 77.2 Å². The van der Waals surface area contributed by atoms with Gasteiger partial charge in [0, 0.05) is 25.2 Å². The minimum Gasteiger partial charge on any atom is -0.508 e. The Balaban J connectivity index is 1.60. The highest BCUT2D eigenvalue weighted by atomic mass is 16.6. The van der Waals surface area contributed by atoms with Crippen LogP contribution >= 0.6 is 0 Å². The van der Waals surface area contributed by atoms with E-state index in [4.69, 9.17) is 9.47 Å². The van der Waals surface area contributed by atoms with Gasteiger partial charge in [-0.15, -0.1) is 0 Å². The number of Topliss-reactive ketones (excluding diaryl/α,β-unsaturated/α-hetero) is 1. The highest BCUT2D eigenvalue weighted by molar-refractivity contribution is 6.58. The number of carbonyl (C=O) groups is 4. The van der Waals surface area contributed by atoms with Crippen molar-refractivity contribution in [2.75, 3.05) is 0 Å². The van der Waals surface area contributed by atoms with E-state index in [2.05, 4.69) is 10.6 Å². The van der Waals surface area contributed by atoms with E-state index in [1.54, 1.807) is 57.2 Å². The van der Waals surface area contributed by atoms with Crippen molar-refractivity contribution in [3.05, 3.63) is 131 Å². The summed E-state index contributed by atoms with van der Waals surface area (Å²) in [5, 5.41) is 35.0. The van der Waals surface area contributed by atoms with E-state index in [9.17, 15) is 34.3 Å². The van der Waals surface area contributed by atoms with E-state index >= 15 is 0 Å². The summed E-state index contributed by atoms with van der Waals surface area (Å²) in [6.45, 7) is 5.06. The monoisotopic (exact) mass is 722 g/mol. The van der Waals surface area contributed by atoms with Crippen molar-refractivity contribution < 1.29 is 43.8 Å². The topological polar surface area (TPSA) is 171 Å². The van der Waals surface area contributed by atoms with Crippen LogP contribution in [0.25, 0.3) is 0 Å². The lowest BCUT2D eigenvalue weighted by molar-refractivity contribution is -0.149. The number of amides is 2. The summed E-state index contributed by atoms with van der Waals surface area (Å²) in [6, 6.07) is 28.9. The van der Waals surface area contributed by atoms with Gasteiger partial charge in [-0.2, -0.15) is 0 Å². The molecule has 0 saturated carbocycles. The van der Waals surface area contributed by atoms with Gasteiger partial charge in [0.1, 0.15) is 24.0 Å². The normalized spacial score (nSPS) is 12.8. The van der Waals surface area contributed by atoms with E-state index in [0.717, 1.165) is 11.1 Å². The zero-order valence-electron chi connectivity index (χ0n) is 30.2. The molecule has 0 aromatic heterocycles. The number of benzene rings is 4. The third-order valence-corrected chi connectivity index (χ3v) is 8.39. The lowest BCUT2D eigenvalue weighted by Gasteiger charge is -2.25. The fraction of sp³-hybridized carbons (Fsp3) is 0.317. The van der Waals surface area contributed by atoms with Crippen LogP contribution in [0, 0.1) is 5.92 Å². The summed E-state index contributed by atoms with van der Waals surface area (Å²) >= 11 is 0. The number of carbonyl (C=O) groups excluding carboxylic acids is 4. The molecule has 4 aromatic carbocycles. The largest absolute Gasteiger partial charge is 0.508 e. The number of ketones is 1. The molecule has 0 aliphatic heterocycles. The number of aryl methyl sites for hydroxylation is 1. The molecule has 4 aromatic rings. The number of esters is 1. The molecule has 0 aliphatic carbocycles. The number of ether oxygens (including phenoxy) is 2. The second-order valence-corrected chi connectivity index (χ2v) is 13.9. The minimum absolute atomic E-state index is 0.00434. The van der Waals surface area contributed by atoms with Crippen molar-refractivity contribution in [3.63, 3.8) is 0 Å². The summed E-state index contributed by atoms with van der Waals surface area (Å²) in [5.74, 6) is -2.65. The Morgan fingerprint density at radius 1 is 0.717 bits per heavy atom. The molecule has 0 spiro atoms. The number of alkyl carbamates (subject to hydrolysis) is 1. The van der Waals surface area contributed by atoms with Gasteiger partial charge in [0.05, 0.1) is 6.04 Å². The molecule has 0 fully saturated rings. The Morgan fingerprint density at radius 3 is 1.92 bits per heavy atom. The first-order valence-electron chi connectivity index (χ1n) is 17.6. The van der Waals surface area contributed by atoms with Gasteiger partial charge < -0.3 is 35.3 Å². The van der Waals surface area contributed by atoms with Crippen LogP contribution in [0.3, 0.4) is 0 Å². The molecule has 278 valence electrons. The molecule has 11 nitrogen and oxygen atoms in total. The van der Waals surface area contributed by atoms with Gasteiger partial charge in [0.2, 0.25) is 5.91 Å². The second-order valence-electron chi connectivity index (χ2n) is 13.9. The molecular weight excluding hydrogens is 675 g/mol. The van der Waals surface area contributed by atoms with Crippen molar-refractivity contribution in [3.8, 4) is 5.75 Å². The standard InChI is InChI=1S/C41H47BN2O9/c1-41(2,3)53-40(49)44-35(24-31-17-11-19-34(45)23-31)37(46)26-32(21-20-28-12-6-4-7-13-28)38(47)43-36(25-30-16-10-18-33(22-30)42(50)51)39(48)52-27-29-14-8-5-9-15-29/h4-19,22-23,32,35-36,45,50-51H,20-21,24-27H2,1-3H3,(H,43,47)(H,44,49)/t32-,35+,36+/m1/s1. The van der Waals surface area contributed by atoms with Gasteiger partial charge in [-0.05, 0) is 73.5 Å². The maximum Gasteiger partial charge on any atom is 0.488 e. The van der Waals surface area contributed by atoms with Crippen LogP contribution in [0.4, 0.5) is 4.79 Å². The molecule has 0 saturated heterocycles. The molecule has 0 heterocycles. The summed E-state index contributed by atoms with van der Waals surface area (Å²) in [4.78, 5) is 54.8. The summed E-state index contributed by atoms with van der Waals surface area (Å²) in [7, 11) is -1.73. The highest BCUT2D eigenvalue weighted by Crippen LogP contribution is 2.20. The van der Waals surface area contributed by atoms with E-state index in [-0.39, 0.29) is 43.5 Å². The number of aromatic hydroxyl groups is 1. The summed E-state index contributed by atoms with van der Waals surface area (Å²) < 4.78 is 11.1. The van der Waals surface area contributed by atoms with Crippen molar-refractivity contribution in [2.24, 2.45) is 5.92 Å². The van der Waals surface area contributed by atoms with E-state index in [1.807, 2.05) is 48.5 Å². The molecule has 0 bridgehead atoms. The highest BCUT2D eigenvalue weighted by Gasteiger charge is 2.32. The van der Waals surface area contributed by atoms with Crippen molar-refractivity contribution >= 4 is 36.3 Å². The molecule has 5 N–H and O–H groups in total. The molecule has 0 aliphatic rings. The van der Waals surface area contributed by atoms with E-state index in [1.165, 1.54) is 24.3 Å². The first-order chi connectivity index (χ1) is 25.3. The Labute approximate surface area is 310 Å². The number of phenolic OH excluding ortho intramolecular Hbond substituents is 1. The van der Waals surface area contributed by atoms with Gasteiger partial charge in [0.15, 0.2) is 5.78 Å². The number of rotatable bonds is 17. The summed E-state index contributed by atoms with van der Waals surface area (Å²) in [5.41, 5.74) is 2.20. The Morgan fingerprint density at radius 2 is 1.30 bits per heavy atom.